The molecule has 0 radical (unpaired) electrons. The van der Waals surface area contributed by atoms with E-state index in [0.29, 0.717) is 17.5 Å². The largest absolute Gasteiger partial charge is 0.420 e. The highest BCUT2D eigenvalue weighted by Crippen LogP contribution is 2.25. The van der Waals surface area contributed by atoms with E-state index in [1.807, 2.05) is 29.7 Å². The molecule has 4 nitrogen and oxygen atoms in total. The maximum Gasteiger partial charge on any atom is 0.235 e. The number of hydrogen-bond acceptors (Lipinski definition) is 5. The lowest BCUT2D eigenvalue weighted by molar-refractivity contribution is 0.528. The number of rotatable bonds is 3. The van der Waals surface area contributed by atoms with E-state index in [9.17, 15) is 5.26 Å². The molecule has 0 unspecified atom stereocenters. The highest BCUT2D eigenvalue weighted by atomic mass is 32.1. The van der Waals surface area contributed by atoms with Crippen LogP contribution in [0.3, 0.4) is 0 Å². The third-order valence-electron chi connectivity index (χ3n) is 3.56. The SMILES string of the molecule is N#Cc1nc(/C=C/c2cccs2)oc1N1CCCCCC1. The molecule has 0 N–H and O–H groups in total. The standard InChI is InChI=1S/C16H17N3OS/c17-12-14-16(19-9-3-1-2-4-10-19)20-15(18-14)8-7-13-6-5-11-21-13/h5-8,11H,1-4,9-10H2/b8-7+. The first-order valence-electron chi connectivity index (χ1n) is 7.24. The topological polar surface area (TPSA) is 53.1 Å². The van der Waals surface area contributed by atoms with Gasteiger partial charge in [-0.05, 0) is 30.4 Å². The third-order valence-corrected chi connectivity index (χ3v) is 4.40. The van der Waals surface area contributed by atoms with Gasteiger partial charge in [-0.15, -0.1) is 11.3 Å². The van der Waals surface area contributed by atoms with Gasteiger partial charge < -0.3 is 9.32 Å². The van der Waals surface area contributed by atoms with Gasteiger partial charge in [-0.1, -0.05) is 18.9 Å². The molecule has 0 aromatic carbocycles. The van der Waals surface area contributed by atoms with Crippen LogP contribution >= 0.6 is 11.3 Å². The number of hydrogen-bond donors (Lipinski definition) is 0. The maximum atomic E-state index is 9.26. The number of nitriles is 1. The fourth-order valence-corrected chi connectivity index (χ4v) is 3.12. The molecule has 1 aliphatic heterocycles. The molecule has 108 valence electrons. The minimum atomic E-state index is 0.391. The van der Waals surface area contributed by atoms with Crippen molar-refractivity contribution in [1.29, 1.82) is 5.26 Å². The first kappa shape index (κ1) is 13.9. The average Bonchev–Trinajstić information content (AvgIpc) is 3.08. The van der Waals surface area contributed by atoms with Gasteiger partial charge in [-0.2, -0.15) is 10.2 Å². The monoisotopic (exact) mass is 299 g/mol. The number of aromatic nitrogens is 1. The van der Waals surface area contributed by atoms with Crippen molar-refractivity contribution in [2.75, 3.05) is 18.0 Å². The van der Waals surface area contributed by atoms with E-state index in [-0.39, 0.29) is 0 Å². The van der Waals surface area contributed by atoms with Crippen LogP contribution in [0.5, 0.6) is 0 Å². The van der Waals surface area contributed by atoms with Gasteiger partial charge in [-0.25, -0.2) is 0 Å². The smallest absolute Gasteiger partial charge is 0.235 e. The summed E-state index contributed by atoms with van der Waals surface area (Å²) in [6.07, 6.45) is 8.57. The van der Waals surface area contributed by atoms with Crippen molar-refractivity contribution in [1.82, 2.24) is 4.98 Å². The minimum absolute atomic E-state index is 0.391. The van der Waals surface area contributed by atoms with Crippen molar-refractivity contribution in [3.63, 3.8) is 0 Å². The van der Waals surface area contributed by atoms with Crippen molar-refractivity contribution in [2.45, 2.75) is 25.7 Å². The zero-order chi connectivity index (χ0) is 14.5. The number of nitrogens with zero attached hydrogens (tertiary/aromatic N) is 3. The molecule has 0 amide bonds. The molecule has 1 aliphatic rings. The van der Waals surface area contributed by atoms with Crippen molar-refractivity contribution in [3.05, 3.63) is 34.0 Å². The van der Waals surface area contributed by atoms with Gasteiger partial charge in [0.2, 0.25) is 17.5 Å². The van der Waals surface area contributed by atoms with E-state index in [2.05, 4.69) is 16.0 Å². The Labute approximate surface area is 128 Å². The molecule has 2 aromatic rings. The summed E-state index contributed by atoms with van der Waals surface area (Å²) in [5, 5.41) is 11.3. The lowest BCUT2D eigenvalue weighted by Crippen LogP contribution is -2.24. The van der Waals surface area contributed by atoms with Crippen LogP contribution in [0.1, 0.15) is 42.1 Å². The molecule has 21 heavy (non-hydrogen) atoms. The van der Waals surface area contributed by atoms with Gasteiger partial charge in [-0.3, -0.25) is 0 Å². The van der Waals surface area contributed by atoms with Gasteiger partial charge in [0.05, 0.1) is 0 Å². The lowest BCUT2D eigenvalue weighted by atomic mass is 10.2. The summed E-state index contributed by atoms with van der Waals surface area (Å²) in [7, 11) is 0. The highest BCUT2D eigenvalue weighted by Gasteiger charge is 2.19. The molecule has 0 aliphatic carbocycles. The van der Waals surface area contributed by atoms with E-state index in [0.717, 1.165) is 30.8 Å². The Morgan fingerprint density at radius 1 is 1.24 bits per heavy atom. The molecular weight excluding hydrogens is 282 g/mol. The summed E-state index contributed by atoms with van der Waals surface area (Å²) >= 11 is 1.66. The molecular formula is C16H17N3OS. The van der Waals surface area contributed by atoms with Crippen LogP contribution < -0.4 is 4.90 Å². The summed E-state index contributed by atoms with van der Waals surface area (Å²) < 4.78 is 5.81. The fourth-order valence-electron chi connectivity index (χ4n) is 2.50. The van der Waals surface area contributed by atoms with Gasteiger partial charge in [0.15, 0.2) is 0 Å². The molecule has 1 fully saturated rings. The van der Waals surface area contributed by atoms with E-state index in [4.69, 9.17) is 4.42 Å². The van der Waals surface area contributed by atoms with E-state index in [1.165, 1.54) is 12.8 Å². The molecule has 3 rings (SSSR count). The Bertz CT molecular complexity index is 644. The second kappa shape index (κ2) is 6.59. The minimum Gasteiger partial charge on any atom is -0.420 e. The van der Waals surface area contributed by atoms with Crippen LogP contribution in [0.2, 0.25) is 0 Å². The quantitative estimate of drug-likeness (QED) is 0.854. The van der Waals surface area contributed by atoms with Crippen LogP contribution in [-0.2, 0) is 0 Å². The summed E-state index contributed by atoms with van der Waals surface area (Å²) in [6, 6.07) is 6.19. The lowest BCUT2D eigenvalue weighted by Gasteiger charge is -2.18. The van der Waals surface area contributed by atoms with Gasteiger partial charge in [0, 0.05) is 24.0 Å². The molecule has 0 atom stereocenters. The van der Waals surface area contributed by atoms with Crippen LogP contribution in [0, 0.1) is 11.3 Å². The first-order valence-corrected chi connectivity index (χ1v) is 8.12. The predicted molar refractivity (Wildman–Crippen MR) is 85.1 cm³/mol. The summed E-state index contributed by atoms with van der Waals surface area (Å²) in [6.45, 7) is 1.88. The van der Waals surface area contributed by atoms with Gasteiger partial charge in [0.1, 0.15) is 6.07 Å². The maximum absolute atomic E-state index is 9.26. The van der Waals surface area contributed by atoms with Crippen LogP contribution in [-0.4, -0.2) is 18.1 Å². The highest BCUT2D eigenvalue weighted by molar-refractivity contribution is 7.10. The Morgan fingerprint density at radius 2 is 2.05 bits per heavy atom. The van der Waals surface area contributed by atoms with Crippen molar-refractivity contribution in [2.24, 2.45) is 0 Å². The molecule has 1 saturated heterocycles. The predicted octanol–water partition coefficient (Wildman–Crippen LogP) is 4.16. The second-order valence-electron chi connectivity index (χ2n) is 5.07. The third kappa shape index (κ3) is 3.34. The van der Waals surface area contributed by atoms with E-state index >= 15 is 0 Å². The van der Waals surface area contributed by atoms with Crippen LogP contribution in [0.25, 0.3) is 12.2 Å². The first-order chi connectivity index (χ1) is 10.4. The van der Waals surface area contributed by atoms with E-state index < -0.39 is 0 Å². The Morgan fingerprint density at radius 3 is 2.71 bits per heavy atom. The number of oxazole rings is 1. The van der Waals surface area contributed by atoms with Crippen LogP contribution in [0.15, 0.2) is 21.9 Å². The zero-order valence-electron chi connectivity index (χ0n) is 11.8. The summed E-state index contributed by atoms with van der Waals surface area (Å²) in [5.41, 5.74) is 0.391. The normalized spacial score (nSPS) is 16.0. The van der Waals surface area contributed by atoms with E-state index in [1.54, 1.807) is 11.3 Å². The van der Waals surface area contributed by atoms with Crippen molar-refractivity contribution >= 4 is 29.4 Å². The molecule has 3 heterocycles. The molecule has 2 aromatic heterocycles. The van der Waals surface area contributed by atoms with Gasteiger partial charge >= 0.3 is 0 Å². The van der Waals surface area contributed by atoms with Gasteiger partial charge in [0.25, 0.3) is 0 Å². The number of thiophene rings is 1. The Balaban J connectivity index is 1.82. The summed E-state index contributed by atoms with van der Waals surface area (Å²) in [4.78, 5) is 7.58. The molecule has 0 spiro atoms. The average molecular weight is 299 g/mol. The zero-order valence-corrected chi connectivity index (χ0v) is 12.6. The van der Waals surface area contributed by atoms with Crippen LogP contribution in [0.4, 0.5) is 5.88 Å². The Hall–Kier alpha value is -2.06. The fraction of sp³-hybridized carbons (Fsp3) is 0.375. The summed E-state index contributed by atoms with van der Waals surface area (Å²) in [5.74, 6) is 1.13. The number of anilines is 1. The molecule has 5 heteroatoms. The molecule has 0 bridgehead atoms. The Kier molecular flexibility index (Phi) is 4.37. The van der Waals surface area contributed by atoms with Crippen molar-refractivity contribution in [3.8, 4) is 6.07 Å². The second-order valence-corrected chi connectivity index (χ2v) is 6.05. The van der Waals surface area contributed by atoms with Crippen molar-refractivity contribution < 1.29 is 4.42 Å². The molecule has 0 saturated carbocycles.